The fourth-order valence-electron chi connectivity index (χ4n) is 2.84. The van der Waals surface area contributed by atoms with Crippen molar-refractivity contribution in [2.45, 2.75) is 19.9 Å². The third-order valence-corrected chi connectivity index (χ3v) is 4.69. The molecule has 2 heterocycles. The molecule has 0 aliphatic heterocycles. The molecule has 27 heavy (non-hydrogen) atoms. The van der Waals surface area contributed by atoms with Crippen molar-refractivity contribution in [3.63, 3.8) is 0 Å². The number of carbonyl (C=O) groups is 1. The number of hydrogen-bond donors (Lipinski definition) is 1. The van der Waals surface area contributed by atoms with Crippen LogP contribution in [0.2, 0.25) is 5.15 Å². The maximum absolute atomic E-state index is 12.1. The van der Waals surface area contributed by atoms with E-state index in [0.717, 1.165) is 23.6 Å². The second-order valence-corrected chi connectivity index (χ2v) is 6.60. The molecule has 0 saturated heterocycles. The van der Waals surface area contributed by atoms with E-state index < -0.39 is 0 Å². The number of aryl methyl sites for hydroxylation is 2. The van der Waals surface area contributed by atoms with Crippen LogP contribution >= 0.6 is 11.6 Å². The average molecular weight is 384 g/mol. The van der Waals surface area contributed by atoms with Crippen molar-refractivity contribution in [3.8, 4) is 0 Å². The van der Waals surface area contributed by atoms with Gasteiger partial charge in [0.15, 0.2) is 0 Å². The van der Waals surface area contributed by atoms with Gasteiger partial charge >= 0.3 is 0 Å². The number of carbonyl (C=O) groups excluding carboxylic acids is 1. The Balaban J connectivity index is 1.52. The van der Waals surface area contributed by atoms with Gasteiger partial charge in [-0.15, -0.1) is 0 Å². The summed E-state index contributed by atoms with van der Waals surface area (Å²) in [5.41, 5.74) is 2.76. The quantitative estimate of drug-likeness (QED) is 0.638. The van der Waals surface area contributed by atoms with Crippen LogP contribution in [0.15, 0.2) is 48.8 Å². The van der Waals surface area contributed by atoms with Gasteiger partial charge in [0.05, 0.1) is 5.69 Å². The molecule has 1 aromatic carbocycles. The molecule has 6 nitrogen and oxygen atoms in total. The molecule has 0 saturated carbocycles. The Kier molecular flexibility index (Phi) is 6.08. The third kappa shape index (κ3) is 4.86. The van der Waals surface area contributed by atoms with E-state index in [9.17, 15) is 4.79 Å². The summed E-state index contributed by atoms with van der Waals surface area (Å²) in [6.07, 6.45) is 7.57. The molecular weight excluding hydrogens is 362 g/mol. The smallest absolute Gasteiger partial charge is 0.244 e. The zero-order valence-electron chi connectivity index (χ0n) is 15.4. The van der Waals surface area contributed by atoms with E-state index >= 15 is 0 Å². The molecule has 0 bridgehead atoms. The van der Waals surface area contributed by atoms with Gasteiger partial charge < -0.3 is 9.88 Å². The van der Waals surface area contributed by atoms with Crippen LogP contribution in [0.5, 0.6) is 0 Å². The van der Waals surface area contributed by atoms with E-state index in [1.807, 2.05) is 31.3 Å². The Hall–Kier alpha value is -2.86. The van der Waals surface area contributed by atoms with Crippen LogP contribution in [0, 0.1) is 6.92 Å². The zero-order chi connectivity index (χ0) is 19.2. The van der Waals surface area contributed by atoms with E-state index in [1.54, 1.807) is 24.0 Å². The Morgan fingerprint density at radius 2 is 2.07 bits per heavy atom. The third-order valence-electron chi connectivity index (χ3n) is 4.24. The lowest BCUT2D eigenvalue weighted by molar-refractivity contribution is -0.116. The lowest BCUT2D eigenvalue weighted by Gasteiger charge is -2.08. The number of imidazole rings is 1. The van der Waals surface area contributed by atoms with Crippen LogP contribution in [0.1, 0.15) is 22.6 Å². The van der Waals surface area contributed by atoms with Crippen LogP contribution in [0.3, 0.4) is 0 Å². The van der Waals surface area contributed by atoms with E-state index in [2.05, 4.69) is 32.1 Å². The highest BCUT2D eigenvalue weighted by Gasteiger charge is 2.09. The van der Waals surface area contributed by atoms with E-state index in [1.165, 1.54) is 11.6 Å². The normalized spacial score (nSPS) is 11.2. The number of amides is 1. The Labute approximate surface area is 163 Å². The Morgan fingerprint density at radius 1 is 1.30 bits per heavy atom. The molecule has 140 valence electrons. The number of rotatable bonds is 7. The lowest BCUT2D eigenvalue weighted by Crippen LogP contribution is -2.24. The van der Waals surface area contributed by atoms with E-state index in [0.29, 0.717) is 18.1 Å². The summed E-state index contributed by atoms with van der Waals surface area (Å²) in [7, 11) is 1.77. The minimum absolute atomic E-state index is 0.171. The number of halogens is 1. The van der Waals surface area contributed by atoms with Crippen molar-refractivity contribution < 1.29 is 4.79 Å². The van der Waals surface area contributed by atoms with Crippen molar-refractivity contribution in [3.05, 3.63) is 76.6 Å². The second kappa shape index (κ2) is 8.68. The first-order chi connectivity index (χ1) is 13.0. The van der Waals surface area contributed by atoms with Crippen LogP contribution in [-0.2, 0) is 24.8 Å². The van der Waals surface area contributed by atoms with E-state index in [4.69, 9.17) is 11.6 Å². The van der Waals surface area contributed by atoms with Gasteiger partial charge in [-0.25, -0.2) is 4.98 Å². The van der Waals surface area contributed by atoms with Gasteiger partial charge in [-0.2, -0.15) is 5.10 Å². The summed E-state index contributed by atoms with van der Waals surface area (Å²) in [4.78, 5) is 16.4. The zero-order valence-corrected chi connectivity index (χ0v) is 16.1. The lowest BCUT2D eigenvalue weighted by atomic mass is 10.2. The minimum Gasteiger partial charge on any atom is -0.352 e. The molecule has 0 unspecified atom stereocenters. The van der Waals surface area contributed by atoms with Crippen molar-refractivity contribution in [1.29, 1.82) is 0 Å². The molecule has 0 spiro atoms. The van der Waals surface area contributed by atoms with Crippen molar-refractivity contribution in [2.24, 2.45) is 7.05 Å². The van der Waals surface area contributed by atoms with Gasteiger partial charge in [0.25, 0.3) is 0 Å². The summed E-state index contributed by atoms with van der Waals surface area (Å²) < 4.78 is 3.68. The van der Waals surface area contributed by atoms with Gasteiger partial charge in [-0.05, 0) is 18.6 Å². The number of benzene rings is 1. The summed E-state index contributed by atoms with van der Waals surface area (Å²) in [6.45, 7) is 3.13. The molecule has 2 aromatic heterocycles. The summed E-state index contributed by atoms with van der Waals surface area (Å²) in [5.74, 6) is 0.768. The highest BCUT2D eigenvalue weighted by Crippen LogP contribution is 2.19. The highest BCUT2D eigenvalue weighted by atomic mass is 35.5. The number of nitrogens with one attached hydrogen (secondary N) is 1. The summed E-state index contributed by atoms with van der Waals surface area (Å²) in [6, 6.07) is 10.2. The van der Waals surface area contributed by atoms with Crippen molar-refractivity contribution in [1.82, 2.24) is 24.6 Å². The second-order valence-electron chi connectivity index (χ2n) is 6.24. The molecule has 3 aromatic rings. The monoisotopic (exact) mass is 383 g/mol. The maximum atomic E-state index is 12.1. The topological polar surface area (TPSA) is 64.7 Å². The molecule has 7 heteroatoms. The molecule has 3 rings (SSSR count). The van der Waals surface area contributed by atoms with Crippen LogP contribution < -0.4 is 5.32 Å². The molecular formula is C20H22ClN5O. The van der Waals surface area contributed by atoms with Gasteiger partial charge in [-0.1, -0.05) is 41.9 Å². The van der Waals surface area contributed by atoms with Gasteiger partial charge in [0.1, 0.15) is 11.0 Å². The molecule has 0 radical (unpaired) electrons. The van der Waals surface area contributed by atoms with Crippen molar-refractivity contribution in [2.75, 3.05) is 6.54 Å². The van der Waals surface area contributed by atoms with Gasteiger partial charge in [0, 0.05) is 50.6 Å². The standard InChI is InChI=1S/C20H22ClN5O/c1-15-17(20(21)25(2)24-15)8-9-19(27)23-11-10-18-22-12-13-26(18)14-16-6-4-3-5-7-16/h3-9,12-13H,10-11,14H2,1-2H3,(H,23,27)/b9-8+. The molecule has 1 N–H and O–H groups in total. The molecule has 1 amide bonds. The van der Waals surface area contributed by atoms with Crippen LogP contribution in [0.25, 0.3) is 6.08 Å². The predicted molar refractivity (Wildman–Crippen MR) is 106 cm³/mol. The van der Waals surface area contributed by atoms with Crippen LogP contribution in [-0.4, -0.2) is 31.8 Å². The highest BCUT2D eigenvalue weighted by molar-refractivity contribution is 6.31. The number of aromatic nitrogens is 4. The first-order valence-electron chi connectivity index (χ1n) is 8.73. The average Bonchev–Trinajstić information content (AvgIpc) is 3.18. The first-order valence-corrected chi connectivity index (χ1v) is 9.11. The van der Waals surface area contributed by atoms with E-state index in [-0.39, 0.29) is 5.91 Å². The number of hydrogen-bond acceptors (Lipinski definition) is 3. The largest absolute Gasteiger partial charge is 0.352 e. The molecule has 0 atom stereocenters. The minimum atomic E-state index is -0.171. The van der Waals surface area contributed by atoms with Gasteiger partial charge in [0.2, 0.25) is 5.91 Å². The molecule has 0 fully saturated rings. The molecule has 0 aliphatic carbocycles. The first kappa shape index (κ1) is 18.9. The number of nitrogens with zero attached hydrogens (tertiary/aromatic N) is 4. The Morgan fingerprint density at radius 3 is 2.78 bits per heavy atom. The van der Waals surface area contributed by atoms with Crippen LogP contribution in [0.4, 0.5) is 0 Å². The van der Waals surface area contributed by atoms with Crippen molar-refractivity contribution >= 4 is 23.6 Å². The maximum Gasteiger partial charge on any atom is 0.244 e. The summed E-state index contributed by atoms with van der Waals surface area (Å²) in [5, 5.41) is 7.61. The fraction of sp³-hybridized carbons (Fsp3) is 0.250. The Bertz CT molecular complexity index is 943. The van der Waals surface area contributed by atoms with Gasteiger partial charge in [-0.3, -0.25) is 9.48 Å². The summed E-state index contributed by atoms with van der Waals surface area (Å²) >= 11 is 6.16. The fourth-order valence-corrected chi connectivity index (χ4v) is 3.08. The SMILES string of the molecule is Cc1nn(C)c(Cl)c1/C=C/C(=O)NCCc1nccn1Cc1ccccc1. The molecule has 0 aliphatic rings. The predicted octanol–water partition coefficient (Wildman–Crippen LogP) is 3.00.